The van der Waals surface area contributed by atoms with Crippen LogP contribution in [0, 0.1) is 0 Å². The Kier molecular flexibility index (Phi) is 8.07. The molecule has 0 fully saturated rings. The summed E-state index contributed by atoms with van der Waals surface area (Å²) in [6.07, 6.45) is 1.51. The Morgan fingerprint density at radius 2 is 1.69 bits per heavy atom. The lowest BCUT2D eigenvalue weighted by Gasteiger charge is -2.29. The highest BCUT2D eigenvalue weighted by atomic mass is 35.5. The number of unbranched alkanes of at least 4 members (excludes halogenated alkanes) is 2. The van der Waals surface area contributed by atoms with Gasteiger partial charge in [0, 0.05) is 23.7 Å². The molecule has 0 unspecified atom stereocenters. The number of nitrogens with zero attached hydrogens (tertiary/aromatic N) is 2. The second kappa shape index (κ2) is 10.8. The van der Waals surface area contributed by atoms with E-state index in [9.17, 15) is 13.2 Å². The number of oxazole rings is 1. The molecular weight excluding hydrogens is 441 g/mol. The highest BCUT2D eigenvalue weighted by Crippen LogP contribution is 2.46. The van der Waals surface area contributed by atoms with E-state index in [-0.39, 0.29) is 17.3 Å². The summed E-state index contributed by atoms with van der Waals surface area (Å²) in [6, 6.07) is 9.01. The number of benzene rings is 2. The molecule has 0 N–H and O–H groups in total. The Hall–Kier alpha value is -2.67. The number of alkyl halides is 3. The Balaban J connectivity index is 2.20. The van der Waals surface area contributed by atoms with Gasteiger partial charge in [0.25, 0.3) is 0 Å². The van der Waals surface area contributed by atoms with Crippen molar-refractivity contribution in [1.29, 1.82) is 0 Å². The lowest BCUT2D eigenvalue weighted by Crippen LogP contribution is -2.27. The van der Waals surface area contributed by atoms with Crippen molar-refractivity contribution in [3.05, 3.63) is 59.6 Å². The van der Waals surface area contributed by atoms with Crippen molar-refractivity contribution < 1.29 is 22.3 Å². The molecule has 0 amide bonds. The van der Waals surface area contributed by atoms with Gasteiger partial charge in [-0.1, -0.05) is 38.3 Å². The van der Waals surface area contributed by atoms with E-state index in [4.69, 9.17) is 20.8 Å². The first-order valence-electron chi connectivity index (χ1n) is 10.7. The van der Waals surface area contributed by atoms with Gasteiger partial charge in [0.2, 0.25) is 0 Å². The molecular formula is C24H26ClF3N2O2. The largest absolute Gasteiger partial charge is 0.455 e. The topological polar surface area (TPSA) is 38.5 Å². The van der Waals surface area contributed by atoms with E-state index in [0.717, 1.165) is 31.7 Å². The molecule has 0 spiro atoms. The monoisotopic (exact) mass is 466 g/mol. The highest BCUT2D eigenvalue weighted by Gasteiger charge is 2.37. The van der Waals surface area contributed by atoms with Gasteiger partial charge < -0.3 is 14.1 Å². The Bertz CT molecular complexity index is 982. The summed E-state index contributed by atoms with van der Waals surface area (Å²) in [5.74, 6) is 0.315. The first kappa shape index (κ1) is 24.0. The average Bonchev–Trinajstić information content (AvgIpc) is 3.30. The molecule has 2 aromatic carbocycles. The quantitative estimate of drug-likeness (QED) is 0.301. The molecule has 0 saturated carbocycles. The molecule has 0 saturated heterocycles. The Morgan fingerprint density at radius 1 is 1.03 bits per heavy atom. The standard InChI is InChI=1S/C24H26ClF3N2O2/c1-3-5-11-30(12-6-4-2)21-14-17(22-15-29-16-31-22)13-20(24(26,27)28)23(21)32-19-9-7-18(25)8-10-19/h7-10,13-16H,3-6,11-12H2,1-2H3. The maximum Gasteiger partial charge on any atom is 0.420 e. The second-order valence-electron chi connectivity index (χ2n) is 7.49. The van der Waals surface area contributed by atoms with Crippen molar-refractivity contribution in [3.8, 4) is 22.8 Å². The number of ether oxygens (including phenoxy) is 1. The molecule has 0 aliphatic heterocycles. The third kappa shape index (κ3) is 5.97. The number of hydrogen-bond acceptors (Lipinski definition) is 4. The molecule has 0 aliphatic carbocycles. The molecule has 0 bridgehead atoms. The molecule has 0 radical (unpaired) electrons. The Labute approximate surface area is 191 Å². The van der Waals surface area contributed by atoms with Crippen LogP contribution in [0.3, 0.4) is 0 Å². The lowest BCUT2D eigenvalue weighted by molar-refractivity contribution is -0.138. The zero-order valence-electron chi connectivity index (χ0n) is 18.1. The summed E-state index contributed by atoms with van der Waals surface area (Å²) >= 11 is 5.93. The minimum atomic E-state index is -4.63. The molecule has 3 rings (SSSR count). The smallest absolute Gasteiger partial charge is 0.420 e. The van der Waals surface area contributed by atoms with Crippen molar-refractivity contribution >= 4 is 17.3 Å². The number of halogens is 4. The summed E-state index contributed by atoms with van der Waals surface area (Å²) in [7, 11) is 0. The fourth-order valence-corrected chi connectivity index (χ4v) is 3.46. The van der Waals surface area contributed by atoms with Gasteiger partial charge in [0.15, 0.2) is 17.9 Å². The summed E-state index contributed by atoms with van der Waals surface area (Å²) in [5, 5.41) is 0.474. The molecule has 4 nitrogen and oxygen atoms in total. The molecule has 8 heteroatoms. The molecule has 0 aliphatic rings. The van der Waals surface area contributed by atoms with Crippen LogP contribution in [0.1, 0.15) is 45.1 Å². The summed E-state index contributed by atoms with van der Waals surface area (Å²) in [6.45, 7) is 5.33. The predicted octanol–water partition coefficient (Wildman–Crippen LogP) is 8.21. The van der Waals surface area contributed by atoms with Gasteiger partial charge in [-0.3, -0.25) is 0 Å². The predicted molar refractivity (Wildman–Crippen MR) is 120 cm³/mol. The van der Waals surface area contributed by atoms with Crippen molar-refractivity contribution in [3.63, 3.8) is 0 Å². The summed E-state index contributed by atoms with van der Waals surface area (Å²) in [5.41, 5.74) is -0.191. The average molecular weight is 467 g/mol. The van der Waals surface area contributed by atoms with Gasteiger partial charge in [0.1, 0.15) is 11.3 Å². The van der Waals surface area contributed by atoms with Crippen LogP contribution in [-0.4, -0.2) is 18.1 Å². The van der Waals surface area contributed by atoms with Crippen LogP contribution in [0.2, 0.25) is 5.02 Å². The minimum Gasteiger partial charge on any atom is -0.455 e. The van der Waals surface area contributed by atoms with Crippen molar-refractivity contribution in [2.24, 2.45) is 0 Å². The van der Waals surface area contributed by atoms with E-state index in [1.807, 2.05) is 4.90 Å². The molecule has 32 heavy (non-hydrogen) atoms. The Morgan fingerprint density at radius 3 is 2.22 bits per heavy atom. The zero-order valence-corrected chi connectivity index (χ0v) is 18.8. The molecule has 3 aromatic rings. The van der Waals surface area contributed by atoms with Crippen LogP contribution >= 0.6 is 11.6 Å². The van der Waals surface area contributed by atoms with Crippen molar-refractivity contribution in [2.45, 2.75) is 45.7 Å². The van der Waals surface area contributed by atoms with Gasteiger partial charge >= 0.3 is 6.18 Å². The van der Waals surface area contributed by atoms with Gasteiger partial charge in [-0.25, -0.2) is 4.98 Å². The maximum absolute atomic E-state index is 14.2. The fraction of sp³-hybridized carbons (Fsp3) is 0.375. The molecule has 1 heterocycles. The number of aromatic nitrogens is 1. The maximum atomic E-state index is 14.2. The number of anilines is 1. The van der Waals surface area contributed by atoms with Crippen molar-refractivity contribution in [1.82, 2.24) is 4.98 Å². The van der Waals surface area contributed by atoms with E-state index in [2.05, 4.69) is 18.8 Å². The molecule has 0 atom stereocenters. The third-order valence-electron chi connectivity index (χ3n) is 5.03. The van der Waals surface area contributed by atoms with E-state index in [0.29, 0.717) is 29.4 Å². The van der Waals surface area contributed by atoms with Crippen LogP contribution in [0.5, 0.6) is 11.5 Å². The zero-order chi connectivity index (χ0) is 23.1. The molecule has 1 aromatic heterocycles. The van der Waals surface area contributed by atoms with Gasteiger partial charge in [-0.2, -0.15) is 13.2 Å². The number of rotatable bonds is 10. The SMILES string of the molecule is CCCCN(CCCC)c1cc(-c2cnco2)cc(C(F)(F)F)c1Oc1ccc(Cl)cc1. The van der Waals surface area contributed by atoms with Crippen LogP contribution in [0.15, 0.2) is 53.4 Å². The normalized spacial score (nSPS) is 11.6. The van der Waals surface area contributed by atoms with Crippen LogP contribution < -0.4 is 9.64 Å². The second-order valence-corrected chi connectivity index (χ2v) is 7.92. The number of hydrogen-bond donors (Lipinski definition) is 0. The third-order valence-corrected chi connectivity index (χ3v) is 5.28. The van der Waals surface area contributed by atoms with Gasteiger partial charge in [0.05, 0.1) is 11.9 Å². The van der Waals surface area contributed by atoms with Gasteiger partial charge in [-0.05, 0) is 49.2 Å². The first-order valence-corrected chi connectivity index (χ1v) is 11.0. The van der Waals surface area contributed by atoms with E-state index in [1.54, 1.807) is 30.3 Å². The first-order chi connectivity index (χ1) is 15.3. The van der Waals surface area contributed by atoms with E-state index in [1.165, 1.54) is 12.6 Å². The highest BCUT2D eigenvalue weighted by molar-refractivity contribution is 6.30. The summed E-state index contributed by atoms with van der Waals surface area (Å²) < 4.78 is 53.8. The van der Waals surface area contributed by atoms with Crippen LogP contribution in [-0.2, 0) is 6.18 Å². The summed E-state index contributed by atoms with van der Waals surface area (Å²) in [4.78, 5) is 5.82. The van der Waals surface area contributed by atoms with Crippen LogP contribution in [0.25, 0.3) is 11.3 Å². The minimum absolute atomic E-state index is 0.227. The lowest BCUT2D eigenvalue weighted by atomic mass is 10.0. The fourth-order valence-electron chi connectivity index (χ4n) is 3.34. The molecule has 172 valence electrons. The van der Waals surface area contributed by atoms with Gasteiger partial charge in [-0.15, -0.1) is 0 Å². The van der Waals surface area contributed by atoms with E-state index < -0.39 is 11.7 Å². The van der Waals surface area contributed by atoms with E-state index >= 15 is 0 Å². The van der Waals surface area contributed by atoms with Crippen molar-refractivity contribution in [2.75, 3.05) is 18.0 Å². The van der Waals surface area contributed by atoms with Crippen LogP contribution in [0.4, 0.5) is 18.9 Å².